The van der Waals surface area contributed by atoms with Crippen LogP contribution in [0.5, 0.6) is 0 Å². The first-order chi connectivity index (χ1) is 9.89. The molecule has 2 rings (SSSR count). The summed E-state index contributed by atoms with van der Waals surface area (Å²) in [7, 11) is -3.37. The molecule has 5 nitrogen and oxygen atoms in total. The Kier molecular flexibility index (Phi) is 5.32. The normalized spacial score (nSPS) is 21.8. The SMILES string of the molecule is CCOC1CC(NS(=O)(=O)Cc2cccc(C(N)=S)c2)C1. The van der Waals surface area contributed by atoms with Crippen LogP contribution in [0, 0.1) is 0 Å². The van der Waals surface area contributed by atoms with Crippen molar-refractivity contribution in [3.8, 4) is 0 Å². The lowest BCUT2D eigenvalue weighted by Crippen LogP contribution is -2.48. The molecule has 0 aliphatic heterocycles. The van der Waals surface area contributed by atoms with E-state index in [1.165, 1.54) is 0 Å². The number of rotatable bonds is 7. The summed E-state index contributed by atoms with van der Waals surface area (Å²) in [5.41, 5.74) is 6.91. The predicted molar refractivity (Wildman–Crippen MR) is 86.5 cm³/mol. The molecule has 21 heavy (non-hydrogen) atoms. The molecule has 0 aromatic heterocycles. The van der Waals surface area contributed by atoms with Crippen molar-refractivity contribution in [1.82, 2.24) is 4.72 Å². The van der Waals surface area contributed by atoms with E-state index < -0.39 is 10.0 Å². The van der Waals surface area contributed by atoms with E-state index in [4.69, 9.17) is 22.7 Å². The van der Waals surface area contributed by atoms with Crippen molar-refractivity contribution < 1.29 is 13.2 Å². The Bertz CT molecular complexity index is 610. The topological polar surface area (TPSA) is 81.4 Å². The molecular formula is C14H20N2O3S2. The van der Waals surface area contributed by atoms with Crippen LogP contribution in [0.15, 0.2) is 24.3 Å². The lowest BCUT2D eigenvalue weighted by Gasteiger charge is -2.35. The van der Waals surface area contributed by atoms with Gasteiger partial charge in [-0.05, 0) is 31.4 Å². The standard InChI is InChI=1S/C14H20N2O3S2/c1-2-19-13-7-12(8-13)16-21(17,18)9-10-4-3-5-11(6-10)14(15)20/h3-6,12-13,16H,2,7-9H2,1H3,(H2,15,20). The number of benzene rings is 1. The Morgan fingerprint density at radius 2 is 2.19 bits per heavy atom. The Morgan fingerprint density at radius 1 is 1.48 bits per heavy atom. The molecule has 1 aromatic carbocycles. The van der Waals surface area contributed by atoms with E-state index in [2.05, 4.69) is 4.72 Å². The Labute approximate surface area is 130 Å². The van der Waals surface area contributed by atoms with Crippen LogP contribution in [0.4, 0.5) is 0 Å². The number of ether oxygens (including phenoxy) is 1. The maximum Gasteiger partial charge on any atom is 0.216 e. The summed E-state index contributed by atoms with van der Waals surface area (Å²) >= 11 is 4.90. The highest BCUT2D eigenvalue weighted by molar-refractivity contribution is 7.88. The number of sulfonamides is 1. The molecule has 0 radical (unpaired) electrons. The lowest BCUT2D eigenvalue weighted by molar-refractivity contribution is -0.00476. The van der Waals surface area contributed by atoms with E-state index in [9.17, 15) is 8.42 Å². The van der Waals surface area contributed by atoms with Crippen LogP contribution >= 0.6 is 12.2 Å². The maximum atomic E-state index is 12.1. The van der Waals surface area contributed by atoms with E-state index in [1.54, 1.807) is 24.3 Å². The summed E-state index contributed by atoms with van der Waals surface area (Å²) in [6.07, 6.45) is 1.65. The van der Waals surface area contributed by atoms with Gasteiger partial charge in [0, 0.05) is 18.2 Å². The summed E-state index contributed by atoms with van der Waals surface area (Å²) in [5.74, 6) is -0.0702. The van der Waals surface area contributed by atoms with E-state index >= 15 is 0 Å². The zero-order valence-electron chi connectivity index (χ0n) is 11.9. The molecule has 0 amide bonds. The molecule has 0 atom stereocenters. The molecule has 0 heterocycles. The minimum absolute atomic E-state index is 0.0229. The molecule has 0 bridgehead atoms. The van der Waals surface area contributed by atoms with Gasteiger partial charge in [-0.25, -0.2) is 13.1 Å². The van der Waals surface area contributed by atoms with Crippen LogP contribution in [0.25, 0.3) is 0 Å². The second-order valence-electron chi connectivity index (χ2n) is 5.19. The van der Waals surface area contributed by atoms with Crippen molar-refractivity contribution in [2.75, 3.05) is 6.61 Å². The summed E-state index contributed by atoms with van der Waals surface area (Å²) < 4.78 is 32.4. The summed E-state index contributed by atoms with van der Waals surface area (Å²) in [5, 5.41) is 0. The molecule has 116 valence electrons. The van der Waals surface area contributed by atoms with Gasteiger partial charge in [0.05, 0.1) is 11.9 Å². The van der Waals surface area contributed by atoms with Gasteiger partial charge in [0.2, 0.25) is 10.0 Å². The van der Waals surface area contributed by atoms with Gasteiger partial charge < -0.3 is 10.5 Å². The first-order valence-corrected chi connectivity index (χ1v) is 8.96. The van der Waals surface area contributed by atoms with Gasteiger partial charge in [0.25, 0.3) is 0 Å². The van der Waals surface area contributed by atoms with Gasteiger partial charge in [-0.3, -0.25) is 0 Å². The highest BCUT2D eigenvalue weighted by Gasteiger charge is 2.32. The molecule has 3 N–H and O–H groups in total. The van der Waals surface area contributed by atoms with Gasteiger partial charge in [-0.1, -0.05) is 30.4 Å². The molecular weight excluding hydrogens is 308 g/mol. The quantitative estimate of drug-likeness (QED) is 0.738. The molecule has 1 aromatic rings. The van der Waals surface area contributed by atoms with Crippen molar-refractivity contribution >= 4 is 27.2 Å². The highest BCUT2D eigenvalue weighted by Crippen LogP contribution is 2.24. The first-order valence-electron chi connectivity index (χ1n) is 6.90. The number of thiocarbonyl (C=S) groups is 1. The molecule has 0 spiro atoms. The molecule has 0 saturated heterocycles. The molecule has 7 heteroatoms. The number of nitrogens with one attached hydrogen (secondary N) is 1. The fourth-order valence-corrected chi connectivity index (χ4v) is 3.89. The largest absolute Gasteiger partial charge is 0.389 e. The van der Waals surface area contributed by atoms with Gasteiger partial charge in [-0.15, -0.1) is 0 Å². The summed E-state index contributed by atoms with van der Waals surface area (Å²) in [6.45, 7) is 2.60. The van der Waals surface area contributed by atoms with Gasteiger partial charge in [0.15, 0.2) is 0 Å². The average molecular weight is 328 g/mol. The van der Waals surface area contributed by atoms with Gasteiger partial charge in [0.1, 0.15) is 4.99 Å². The Hall–Kier alpha value is -1.02. The lowest BCUT2D eigenvalue weighted by atomic mass is 9.90. The van der Waals surface area contributed by atoms with Crippen LogP contribution in [0.3, 0.4) is 0 Å². The van der Waals surface area contributed by atoms with E-state index in [1.807, 2.05) is 6.92 Å². The number of nitrogens with two attached hydrogens (primary N) is 1. The third-order valence-corrected chi connectivity index (χ3v) is 5.05. The molecule has 1 aliphatic carbocycles. The van der Waals surface area contributed by atoms with Crippen molar-refractivity contribution in [3.63, 3.8) is 0 Å². The van der Waals surface area contributed by atoms with Crippen molar-refractivity contribution in [2.45, 2.75) is 37.7 Å². The van der Waals surface area contributed by atoms with E-state index in [0.717, 1.165) is 12.8 Å². The summed E-state index contributed by atoms with van der Waals surface area (Å²) in [4.78, 5) is 0.265. The van der Waals surface area contributed by atoms with Gasteiger partial charge >= 0.3 is 0 Å². The third-order valence-electron chi connectivity index (χ3n) is 3.41. The minimum Gasteiger partial charge on any atom is -0.389 e. The van der Waals surface area contributed by atoms with Crippen molar-refractivity contribution in [2.24, 2.45) is 5.73 Å². The van der Waals surface area contributed by atoms with E-state index in [-0.39, 0.29) is 22.9 Å². The molecule has 1 aliphatic rings. The molecule has 1 fully saturated rings. The van der Waals surface area contributed by atoms with E-state index in [0.29, 0.717) is 17.7 Å². The average Bonchev–Trinajstić information content (AvgIpc) is 2.36. The number of hydrogen-bond acceptors (Lipinski definition) is 4. The second-order valence-corrected chi connectivity index (χ2v) is 7.38. The smallest absolute Gasteiger partial charge is 0.216 e. The van der Waals surface area contributed by atoms with Crippen LogP contribution < -0.4 is 10.5 Å². The zero-order valence-corrected chi connectivity index (χ0v) is 13.5. The number of hydrogen-bond donors (Lipinski definition) is 2. The fraction of sp³-hybridized carbons (Fsp3) is 0.500. The van der Waals surface area contributed by atoms with Crippen molar-refractivity contribution in [3.05, 3.63) is 35.4 Å². The third kappa shape index (κ3) is 4.74. The fourth-order valence-electron chi connectivity index (χ4n) is 2.36. The Balaban J connectivity index is 1.92. The zero-order chi connectivity index (χ0) is 15.5. The highest BCUT2D eigenvalue weighted by atomic mass is 32.2. The molecule has 0 unspecified atom stereocenters. The van der Waals surface area contributed by atoms with Crippen LogP contribution in [0.1, 0.15) is 30.9 Å². The Morgan fingerprint density at radius 3 is 2.81 bits per heavy atom. The minimum atomic E-state index is -3.37. The predicted octanol–water partition coefficient (Wildman–Crippen LogP) is 1.31. The monoisotopic (exact) mass is 328 g/mol. The van der Waals surface area contributed by atoms with Crippen LogP contribution in [-0.4, -0.2) is 32.2 Å². The second kappa shape index (κ2) is 6.83. The molecule has 1 saturated carbocycles. The van der Waals surface area contributed by atoms with Crippen LogP contribution in [0.2, 0.25) is 0 Å². The van der Waals surface area contributed by atoms with Crippen molar-refractivity contribution in [1.29, 1.82) is 0 Å². The summed E-state index contributed by atoms with van der Waals surface area (Å²) in [6, 6.07) is 6.97. The van der Waals surface area contributed by atoms with Crippen LogP contribution in [-0.2, 0) is 20.5 Å². The maximum absolute atomic E-state index is 12.1. The van der Waals surface area contributed by atoms with Gasteiger partial charge in [-0.2, -0.15) is 0 Å². The first kappa shape index (κ1) is 16.4.